The number of likely N-dealkylation sites (tertiary alicyclic amines) is 1. The summed E-state index contributed by atoms with van der Waals surface area (Å²) in [6, 6.07) is 6.10. The van der Waals surface area contributed by atoms with E-state index in [0.29, 0.717) is 25.0 Å². The maximum Gasteiger partial charge on any atom is 0.407 e. The normalized spacial score (nSPS) is 15.7. The summed E-state index contributed by atoms with van der Waals surface area (Å²) in [5.41, 5.74) is 1.27. The second-order valence-electron chi connectivity index (χ2n) is 8.54. The molecule has 0 radical (unpaired) electrons. The number of benzene rings is 1. The van der Waals surface area contributed by atoms with E-state index < -0.39 is 18.6 Å². The van der Waals surface area contributed by atoms with Crippen LogP contribution >= 0.6 is 11.8 Å². The van der Waals surface area contributed by atoms with Crippen LogP contribution in [0.2, 0.25) is 0 Å². The molecule has 1 aromatic carbocycles. The van der Waals surface area contributed by atoms with Crippen molar-refractivity contribution in [1.29, 1.82) is 0 Å². The number of alkyl halides is 2. The number of hydrogen-bond donors (Lipinski definition) is 2. The van der Waals surface area contributed by atoms with Gasteiger partial charge in [0.25, 0.3) is 5.91 Å². The number of amides is 2. The maximum atomic E-state index is 13.3. The van der Waals surface area contributed by atoms with Crippen LogP contribution in [0.15, 0.2) is 53.9 Å². The molecule has 0 aliphatic carbocycles. The number of hydrogen-bond acceptors (Lipinski definition) is 7. The molecule has 0 spiro atoms. The Labute approximate surface area is 219 Å². The standard InChI is InChI=1S/C24H23F2N7O4S/c1-38-15-5-6-19(37-23(25)26)16(10-15)20-18(13-33(30-20)14-4-2-8-31(12-14)24(35)36)29-22(34)17-11-28-32-9-3-7-27-21(17)32/h3,5-7,9-11,13-14,23H,2,4,8,12H2,1H3,(H,29,34)(H,35,36)/t14-/m0/s1. The summed E-state index contributed by atoms with van der Waals surface area (Å²) in [6.45, 7) is -2.46. The number of carbonyl (C=O) groups excluding carboxylic acids is 1. The lowest BCUT2D eigenvalue weighted by atomic mass is 10.1. The number of piperidine rings is 1. The van der Waals surface area contributed by atoms with Crippen LogP contribution in [0, 0.1) is 0 Å². The number of halogens is 2. The van der Waals surface area contributed by atoms with Crippen LogP contribution in [0.3, 0.4) is 0 Å². The van der Waals surface area contributed by atoms with E-state index in [-0.39, 0.29) is 40.8 Å². The summed E-state index contributed by atoms with van der Waals surface area (Å²) in [5.74, 6) is -0.625. The number of nitrogens with one attached hydrogen (secondary N) is 1. The summed E-state index contributed by atoms with van der Waals surface area (Å²) in [7, 11) is 0. The van der Waals surface area contributed by atoms with Crippen LogP contribution in [-0.2, 0) is 0 Å². The Morgan fingerprint density at radius 3 is 2.92 bits per heavy atom. The summed E-state index contributed by atoms with van der Waals surface area (Å²) in [5, 5.41) is 21.1. The van der Waals surface area contributed by atoms with Crippen LogP contribution in [0.1, 0.15) is 29.2 Å². The van der Waals surface area contributed by atoms with Gasteiger partial charge >= 0.3 is 12.7 Å². The van der Waals surface area contributed by atoms with E-state index in [0.717, 1.165) is 4.90 Å². The first-order chi connectivity index (χ1) is 18.3. The van der Waals surface area contributed by atoms with Crippen LogP contribution in [0.5, 0.6) is 5.75 Å². The molecular weight excluding hydrogens is 520 g/mol. The quantitative estimate of drug-likeness (QED) is 0.327. The van der Waals surface area contributed by atoms with Gasteiger partial charge in [0, 0.05) is 42.1 Å². The summed E-state index contributed by atoms with van der Waals surface area (Å²) in [4.78, 5) is 31.2. The predicted molar refractivity (Wildman–Crippen MR) is 135 cm³/mol. The zero-order valence-corrected chi connectivity index (χ0v) is 20.9. The molecule has 3 aromatic heterocycles. The number of rotatable bonds is 7. The Morgan fingerprint density at radius 1 is 1.32 bits per heavy atom. The molecular formula is C24H23F2N7O4S. The van der Waals surface area contributed by atoms with Gasteiger partial charge in [-0.2, -0.15) is 19.0 Å². The lowest BCUT2D eigenvalue weighted by Gasteiger charge is -2.30. The monoisotopic (exact) mass is 543 g/mol. The summed E-state index contributed by atoms with van der Waals surface area (Å²) < 4.78 is 34.3. The highest BCUT2D eigenvalue weighted by Crippen LogP contribution is 2.39. The molecule has 38 heavy (non-hydrogen) atoms. The van der Waals surface area contributed by atoms with Crippen LogP contribution in [0.25, 0.3) is 16.9 Å². The minimum absolute atomic E-state index is 0.105. The number of thioether (sulfide) groups is 1. The summed E-state index contributed by atoms with van der Waals surface area (Å²) in [6.07, 6.45) is 8.25. The second-order valence-corrected chi connectivity index (χ2v) is 9.42. The van der Waals surface area contributed by atoms with Crippen LogP contribution in [-0.4, -0.2) is 72.3 Å². The van der Waals surface area contributed by atoms with Gasteiger partial charge in [0.1, 0.15) is 17.0 Å². The zero-order valence-electron chi connectivity index (χ0n) is 20.1. The minimum Gasteiger partial charge on any atom is -0.465 e. The van der Waals surface area contributed by atoms with Crippen molar-refractivity contribution in [3.63, 3.8) is 0 Å². The maximum absolute atomic E-state index is 13.3. The molecule has 1 aliphatic heterocycles. The highest BCUT2D eigenvalue weighted by Gasteiger charge is 2.28. The van der Waals surface area contributed by atoms with E-state index in [9.17, 15) is 23.5 Å². The van der Waals surface area contributed by atoms with E-state index >= 15 is 0 Å². The van der Waals surface area contributed by atoms with Crippen molar-refractivity contribution >= 4 is 35.1 Å². The van der Waals surface area contributed by atoms with Gasteiger partial charge < -0.3 is 20.1 Å². The minimum atomic E-state index is -3.07. The van der Waals surface area contributed by atoms with E-state index in [2.05, 4.69) is 20.5 Å². The van der Waals surface area contributed by atoms with E-state index in [1.54, 1.807) is 35.3 Å². The Morgan fingerprint density at radius 2 is 2.16 bits per heavy atom. The fourth-order valence-electron chi connectivity index (χ4n) is 4.41. The average Bonchev–Trinajstić information content (AvgIpc) is 3.53. The SMILES string of the molecule is CSc1ccc(OC(F)F)c(-c2nn([C@H]3CCCN(C(=O)O)C3)cc2NC(=O)c2cnn3cccnc23)c1. The molecule has 14 heteroatoms. The van der Waals surface area contributed by atoms with Crippen molar-refractivity contribution in [2.24, 2.45) is 0 Å². The van der Waals surface area contributed by atoms with Crippen molar-refractivity contribution in [1.82, 2.24) is 29.3 Å². The second kappa shape index (κ2) is 10.7. The lowest BCUT2D eigenvalue weighted by Crippen LogP contribution is -2.40. The average molecular weight is 544 g/mol. The lowest BCUT2D eigenvalue weighted by molar-refractivity contribution is -0.0495. The molecule has 5 rings (SSSR count). The number of ether oxygens (including phenoxy) is 1. The Hall–Kier alpha value is -4.20. The van der Waals surface area contributed by atoms with E-state index in [4.69, 9.17) is 4.74 Å². The number of nitrogens with zero attached hydrogens (tertiary/aromatic N) is 6. The molecule has 4 aromatic rings. The Kier molecular flexibility index (Phi) is 7.13. The fraction of sp³-hybridized carbons (Fsp3) is 0.292. The van der Waals surface area contributed by atoms with Gasteiger partial charge in [-0.1, -0.05) is 0 Å². The molecule has 4 heterocycles. The predicted octanol–water partition coefficient (Wildman–Crippen LogP) is 4.48. The first kappa shape index (κ1) is 25.4. The molecule has 2 N–H and O–H groups in total. The molecule has 198 valence electrons. The third-order valence-corrected chi connectivity index (χ3v) is 6.93. The molecule has 1 fully saturated rings. The van der Waals surface area contributed by atoms with Crippen molar-refractivity contribution in [3.05, 3.63) is 54.6 Å². The molecule has 1 saturated heterocycles. The van der Waals surface area contributed by atoms with Gasteiger partial charge in [0.15, 0.2) is 5.65 Å². The number of carboxylic acid groups (broad SMARTS) is 1. The molecule has 1 atom stereocenters. The topological polar surface area (TPSA) is 127 Å². The van der Waals surface area contributed by atoms with Crippen LogP contribution < -0.4 is 10.1 Å². The fourth-order valence-corrected chi connectivity index (χ4v) is 4.85. The smallest absolute Gasteiger partial charge is 0.407 e. The Balaban J connectivity index is 1.58. The van der Waals surface area contributed by atoms with E-state index in [1.165, 1.54) is 39.6 Å². The molecule has 1 aliphatic rings. The first-order valence-corrected chi connectivity index (χ1v) is 12.9. The molecule has 0 unspecified atom stereocenters. The van der Waals surface area contributed by atoms with Gasteiger partial charge in [0.05, 0.1) is 17.9 Å². The zero-order chi connectivity index (χ0) is 26.8. The van der Waals surface area contributed by atoms with Gasteiger partial charge in [-0.05, 0) is 43.4 Å². The first-order valence-electron chi connectivity index (χ1n) is 11.6. The third kappa shape index (κ3) is 5.11. The number of carbonyl (C=O) groups is 2. The van der Waals surface area contributed by atoms with Gasteiger partial charge in [-0.25, -0.2) is 14.3 Å². The van der Waals surface area contributed by atoms with E-state index in [1.807, 2.05) is 6.26 Å². The Bertz CT molecular complexity index is 1490. The highest BCUT2D eigenvalue weighted by molar-refractivity contribution is 7.98. The number of aromatic nitrogens is 5. The van der Waals surface area contributed by atoms with Gasteiger partial charge in [0.2, 0.25) is 0 Å². The van der Waals surface area contributed by atoms with Gasteiger partial charge in [-0.3, -0.25) is 9.48 Å². The molecule has 2 amide bonds. The van der Waals surface area contributed by atoms with Crippen molar-refractivity contribution in [3.8, 4) is 17.0 Å². The highest BCUT2D eigenvalue weighted by atomic mass is 32.2. The summed E-state index contributed by atoms with van der Waals surface area (Å²) >= 11 is 1.41. The third-order valence-electron chi connectivity index (χ3n) is 6.20. The van der Waals surface area contributed by atoms with Gasteiger partial charge in [-0.15, -0.1) is 11.8 Å². The van der Waals surface area contributed by atoms with Crippen molar-refractivity contribution < 1.29 is 28.2 Å². The van der Waals surface area contributed by atoms with Crippen LogP contribution in [0.4, 0.5) is 19.3 Å². The van der Waals surface area contributed by atoms with Crippen molar-refractivity contribution in [2.75, 3.05) is 24.7 Å². The number of fused-ring (bicyclic) bond motifs is 1. The number of anilines is 1. The van der Waals surface area contributed by atoms with Crippen molar-refractivity contribution in [2.45, 2.75) is 30.4 Å². The molecule has 0 bridgehead atoms. The molecule has 0 saturated carbocycles. The molecule has 11 nitrogen and oxygen atoms in total. The largest absolute Gasteiger partial charge is 0.465 e.